The molecule has 0 aliphatic heterocycles. The number of carbonyl (C=O) groups excluding carboxylic acids is 1. The summed E-state index contributed by atoms with van der Waals surface area (Å²) in [5.74, 6) is 1.06. The summed E-state index contributed by atoms with van der Waals surface area (Å²) in [5.41, 5.74) is 6.65. The largest absolute Gasteiger partial charge is 0.496 e. The van der Waals surface area contributed by atoms with Crippen molar-refractivity contribution in [2.75, 3.05) is 20.7 Å². The zero-order valence-corrected chi connectivity index (χ0v) is 12.2. The van der Waals surface area contributed by atoms with E-state index in [9.17, 15) is 4.79 Å². The van der Waals surface area contributed by atoms with Crippen LogP contribution in [0.25, 0.3) is 0 Å². The van der Waals surface area contributed by atoms with Gasteiger partial charge in [-0.05, 0) is 24.5 Å². The fraction of sp³-hybridized carbons (Fsp3) is 0.533. The molecule has 4 heteroatoms. The number of nitrogens with two attached hydrogens (primary N) is 1. The maximum atomic E-state index is 12.2. The smallest absolute Gasteiger partial charge is 0.223 e. The predicted octanol–water partition coefficient (Wildman–Crippen LogP) is 1.99. The Kier molecular flexibility index (Phi) is 5.83. The third-order valence-corrected chi connectivity index (χ3v) is 3.55. The lowest BCUT2D eigenvalue weighted by Gasteiger charge is -2.25. The van der Waals surface area contributed by atoms with E-state index in [2.05, 4.69) is 0 Å². The van der Waals surface area contributed by atoms with Gasteiger partial charge in [0.05, 0.1) is 7.11 Å². The van der Waals surface area contributed by atoms with E-state index >= 15 is 0 Å². The number of para-hydroxylation sites is 1. The molecule has 0 aromatic heterocycles. The number of hydrogen-bond donors (Lipinski definition) is 1. The molecule has 0 radical (unpaired) electrons. The fourth-order valence-electron chi connectivity index (χ4n) is 1.99. The number of carbonyl (C=O) groups is 1. The molecular formula is C15H24N2O2. The van der Waals surface area contributed by atoms with Gasteiger partial charge in [-0.3, -0.25) is 4.79 Å². The SMILES string of the molecule is COc1ccccc1C(C)CC(=O)N(C)C(C)CN. The van der Waals surface area contributed by atoms with Crippen LogP contribution in [0, 0.1) is 0 Å². The van der Waals surface area contributed by atoms with Crippen molar-refractivity contribution in [1.82, 2.24) is 4.90 Å². The van der Waals surface area contributed by atoms with E-state index in [0.717, 1.165) is 11.3 Å². The molecule has 0 saturated carbocycles. The lowest BCUT2D eigenvalue weighted by atomic mass is 9.96. The lowest BCUT2D eigenvalue weighted by molar-refractivity contribution is -0.131. The highest BCUT2D eigenvalue weighted by atomic mass is 16.5. The van der Waals surface area contributed by atoms with Crippen molar-refractivity contribution in [2.45, 2.75) is 32.2 Å². The van der Waals surface area contributed by atoms with Crippen LogP contribution in [0.4, 0.5) is 0 Å². The van der Waals surface area contributed by atoms with E-state index in [-0.39, 0.29) is 17.9 Å². The van der Waals surface area contributed by atoms with Gasteiger partial charge in [0, 0.05) is 26.1 Å². The zero-order valence-electron chi connectivity index (χ0n) is 12.2. The molecule has 4 nitrogen and oxygen atoms in total. The van der Waals surface area contributed by atoms with E-state index in [1.807, 2.05) is 38.1 Å². The summed E-state index contributed by atoms with van der Waals surface area (Å²) >= 11 is 0. The first kappa shape index (κ1) is 15.5. The molecule has 2 N–H and O–H groups in total. The molecule has 1 rings (SSSR count). The van der Waals surface area contributed by atoms with Crippen LogP contribution in [0.3, 0.4) is 0 Å². The van der Waals surface area contributed by atoms with Crippen LogP contribution in [0.2, 0.25) is 0 Å². The van der Waals surface area contributed by atoms with E-state index < -0.39 is 0 Å². The highest BCUT2D eigenvalue weighted by Gasteiger charge is 2.19. The molecule has 0 spiro atoms. The molecule has 1 aromatic rings. The fourth-order valence-corrected chi connectivity index (χ4v) is 1.99. The molecule has 1 aromatic carbocycles. The number of benzene rings is 1. The summed E-state index contributed by atoms with van der Waals surface area (Å²) in [6.45, 7) is 4.47. The van der Waals surface area contributed by atoms with Gasteiger partial charge in [0.2, 0.25) is 5.91 Å². The van der Waals surface area contributed by atoms with E-state index in [0.29, 0.717) is 13.0 Å². The second-order valence-electron chi connectivity index (χ2n) is 4.94. The van der Waals surface area contributed by atoms with E-state index in [4.69, 9.17) is 10.5 Å². The zero-order chi connectivity index (χ0) is 14.4. The van der Waals surface area contributed by atoms with Gasteiger partial charge in [-0.25, -0.2) is 0 Å². The molecule has 0 bridgehead atoms. The van der Waals surface area contributed by atoms with E-state index in [1.54, 1.807) is 19.1 Å². The van der Waals surface area contributed by atoms with Crippen molar-refractivity contribution in [3.8, 4) is 5.75 Å². The molecule has 0 fully saturated rings. The number of methoxy groups -OCH3 is 1. The van der Waals surface area contributed by atoms with Crippen molar-refractivity contribution in [3.05, 3.63) is 29.8 Å². The topological polar surface area (TPSA) is 55.6 Å². The molecule has 2 atom stereocenters. The lowest BCUT2D eigenvalue weighted by Crippen LogP contribution is -2.40. The summed E-state index contributed by atoms with van der Waals surface area (Å²) in [4.78, 5) is 13.9. The number of amides is 1. The second kappa shape index (κ2) is 7.14. The van der Waals surface area contributed by atoms with Gasteiger partial charge in [-0.1, -0.05) is 25.1 Å². The molecule has 1 amide bonds. The summed E-state index contributed by atoms with van der Waals surface area (Å²) in [5, 5.41) is 0. The standard InChI is InChI=1S/C15H24N2O2/c1-11(9-15(18)17(3)12(2)10-16)13-7-5-6-8-14(13)19-4/h5-8,11-12H,9-10,16H2,1-4H3. The third kappa shape index (κ3) is 3.96. The highest BCUT2D eigenvalue weighted by molar-refractivity contribution is 5.77. The third-order valence-electron chi connectivity index (χ3n) is 3.55. The monoisotopic (exact) mass is 264 g/mol. The quantitative estimate of drug-likeness (QED) is 0.855. The first-order chi connectivity index (χ1) is 9.01. The number of rotatable bonds is 6. The van der Waals surface area contributed by atoms with Gasteiger partial charge in [0.25, 0.3) is 0 Å². The molecule has 106 valence electrons. The van der Waals surface area contributed by atoms with Gasteiger partial charge >= 0.3 is 0 Å². The molecule has 0 saturated heterocycles. The van der Waals surface area contributed by atoms with Crippen LogP contribution in [0.5, 0.6) is 5.75 Å². The van der Waals surface area contributed by atoms with Crippen LogP contribution in [0.15, 0.2) is 24.3 Å². The van der Waals surface area contributed by atoms with Gasteiger partial charge in [0.1, 0.15) is 5.75 Å². The normalized spacial score (nSPS) is 13.7. The number of likely N-dealkylation sites (N-methyl/N-ethyl adjacent to an activating group) is 1. The van der Waals surface area contributed by atoms with Crippen molar-refractivity contribution in [3.63, 3.8) is 0 Å². The molecule has 0 aliphatic rings. The van der Waals surface area contributed by atoms with Crippen molar-refractivity contribution in [2.24, 2.45) is 5.73 Å². The average Bonchev–Trinajstić information content (AvgIpc) is 2.45. The Hall–Kier alpha value is -1.55. The maximum absolute atomic E-state index is 12.2. The second-order valence-corrected chi connectivity index (χ2v) is 4.94. The predicted molar refractivity (Wildman–Crippen MR) is 77.3 cm³/mol. The number of nitrogens with zero attached hydrogens (tertiary/aromatic N) is 1. The minimum absolute atomic E-state index is 0.0670. The first-order valence-electron chi connectivity index (χ1n) is 6.59. The van der Waals surface area contributed by atoms with Crippen LogP contribution in [-0.2, 0) is 4.79 Å². The number of ether oxygens (including phenoxy) is 1. The molecule has 19 heavy (non-hydrogen) atoms. The Balaban J connectivity index is 2.74. The van der Waals surface area contributed by atoms with Crippen molar-refractivity contribution < 1.29 is 9.53 Å². The maximum Gasteiger partial charge on any atom is 0.223 e. The Morgan fingerprint density at radius 1 is 1.37 bits per heavy atom. The van der Waals surface area contributed by atoms with Gasteiger partial charge in [-0.2, -0.15) is 0 Å². The average molecular weight is 264 g/mol. The minimum atomic E-state index is 0.0670. The number of hydrogen-bond acceptors (Lipinski definition) is 3. The summed E-state index contributed by atoms with van der Waals surface area (Å²) in [6.07, 6.45) is 0.460. The van der Waals surface area contributed by atoms with Crippen LogP contribution >= 0.6 is 0 Å². The van der Waals surface area contributed by atoms with Crippen molar-refractivity contribution in [1.29, 1.82) is 0 Å². The van der Waals surface area contributed by atoms with Gasteiger partial charge < -0.3 is 15.4 Å². The molecule has 2 unspecified atom stereocenters. The first-order valence-corrected chi connectivity index (χ1v) is 6.59. The Morgan fingerprint density at radius 3 is 2.58 bits per heavy atom. The highest BCUT2D eigenvalue weighted by Crippen LogP contribution is 2.28. The van der Waals surface area contributed by atoms with Crippen LogP contribution in [0.1, 0.15) is 31.7 Å². The van der Waals surface area contributed by atoms with Gasteiger partial charge in [0.15, 0.2) is 0 Å². The molecule has 0 aliphatic carbocycles. The van der Waals surface area contributed by atoms with Crippen LogP contribution < -0.4 is 10.5 Å². The Bertz CT molecular complexity index is 420. The molecular weight excluding hydrogens is 240 g/mol. The Morgan fingerprint density at radius 2 is 2.00 bits per heavy atom. The van der Waals surface area contributed by atoms with Gasteiger partial charge in [-0.15, -0.1) is 0 Å². The summed E-state index contributed by atoms with van der Waals surface area (Å²) in [7, 11) is 3.45. The van der Waals surface area contributed by atoms with Crippen molar-refractivity contribution >= 4 is 5.91 Å². The Labute approximate surface area is 115 Å². The minimum Gasteiger partial charge on any atom is -0.496 e. The summed E-state index contributed by atoms with van der Waals surface area (Å²) in [6, 6.07) is 7.88. The van der Waals surface area contributed by atoms with E-state index in [1.165, 1.54) is 0 Å². The van der Waals surface area contributed by atoms with Crippen LogP contribution in [-0.4, -0.2) is 37.6 Å². The summed E-state index contributed by atoms with van der Waals surface area (Å²) < 4.78 is 5.33. The molecule has 0 heterocycles.